The number of nitrogens with one attached hydrogen (secondary N) is 2. The van der Waals surface area contributed by atoms with Crippen molar-refractivity contribution in [3.63, 3.8) is 0 Å². The Morgan fingerprint density at radius 3 is 2.48 bits per heavy atom. The van der Waals surface area contributed by atoms with Crippen molar-refractivity contribution >= 4 is 21.4 Å². The molecule has 0 saturated carbocycles. The van der Waals surface area contributed by atoms with Crippen LogP contribution in [0.25, 0.3) is 0 Å². The van der Waals surface area contributed by atoms with Gasteiger partial charge in [0.05, 0.1) is 23.7 Å². The van der Waals surface area contributed by atoms with E-state index in [1.165, 1.54) is 0 Å². The molecule has 1 aliphatic heterocycles. The van der Waals surface area contributed by atoms with Crippen LogP contribution in [-0.4, -0.2) is 15.5 Å². The van der Waals surface area contributed by atoms with Crippen LogP contribution in [0.5, 0.6) is 5.75 Å². The number of hydrogen-bond donors (Lipinski definition) is 2. The van der Waals surface area contributed by atoms with Gasteiger partial charge in [-0.05, 0) is 67.1 Å². The first-order valence-corrected chi connectivity index (χ1v) is 12.7. The predicted molar refractivity (Wildman–Crippen MR) is 133 cm³/mol. The van der Waals surface area contributed by atoms with Crippen LogP contribution < -0.4 is 14.8 Å². The number of methoxy groups -OCH3 is 1. The minimum absolute atomic E-state index is 0.0869. The van der Waals surface area contributed by atoms with Gasteiger partial charge in [0.2, 0.25) is 0 Å². The van der Waals surface area contributed by atoms with Gasteiger partial charge in [0.15, 0.2) is 0 Å². The number of allylic oxidation sites excluding steroid dienone is 2. The molecule has 5 rings (SSSR count). The first-order chi connectivity index (χ1) is 15.9. The summed E-state index contributed by atoms with van der Waals surface area (Å²) < 4.78 is 35.0. The topological polar surface area (TPSA) is 67.4 Å². The molecule has 5 nitrogen and oxygen atoms in total. The number of benzene rings is 3. The van der Waals surface area contributed by atoms with Crippen molar-refractivity contribution in [2.45, 2.75) is 37.1 Å². The van der Waals surface area contributed by atoms with Gasteiger partial charge in [-0.15, -0.1) is 0 Å². The van der Waals surface area contributed by atoms with E-state index in [-0.39, 0.29) is 16.9 Å². The molecule has 2 aliphatic rings. The van der Waals surface area contributed by atoms with Crippen molar-refractivity contribution in [1.29, 1.82) is 0 Å². The van der Waals surface area contributed by atoms with E-state index >= 15 is 0 Å². The van der Waals surface area contributed by atoms with Gasteiger partial charge >= 0.3 is 0 Å². The largest absolute Gasteiger partial charge is 0.496 e. The monoisotopic (exact) mass is 460 g/mol. The second-order valence-electron chi connectivity index (χ2n) is 8.84. The van der Waals surface area contributed by atoms with Crippen LogP contribution >= 0.6 is 0 Å². The fourth-order valence-electron chi connectivity index (χ4n) is 5.14. The molecule has 3 aromatic carbocycles. The van der Waals surface area contributed by atoms with Crippen molar-refractivity contribution in [2.24, 2.45) is 5.92 Å². The molecule has 2 N–H and O–H groups in total. The Labute approximate surface area is 195 Å². The van der Waals surface area contributed by atoms with E-state index in [2.05, 4.69) is 28.3 Å². The molecular formula is C27H28N2O3S. The number of para-hydroxylation sites is 2. The Balaban J connectivity index is 1.52. The highest BCUT2D eigenvalue weighted by molar-refractivity contribution is 7.92. The fraction of sp³-hybridized carbons (Fsp3) is 0.259. The summed E-state index contributed by atoms with van der Waals surface area (Å²) in [5.74, 6) is 1.30. The van der Waals surface area contributed by atoms with Crippen LogP contribution in [0.4, 0.5) is 11.4 Å². The van der Waals surface area contributed by atoms with Crippen LogP contribution in [0.15, 0.2) is 77.7 Å². The molecule has 0 radical (unpaired) electrons. The van der Waals surface area contributed by atoms with Crippen molar-refractivity contribution < 1.29 is 13.2 Å². The number of rotatable bonds is 5. The highest BCUT2D eigenvalue weighted by atomic mass is 32.2. The summed E-state index contributed by atoms with van der Waals surface area (Å²) in [5.41, 5.74) is 5.54. The molecule has 0 bridgehead atoms. The summed E-state index contributed by atoms with van der Waals surface area (Å²) in [6.07, 6.45) is 5.34. The second-order valence-corrected chi connectivity index (χ2v) is 10.5. The third-order valence-electron chi connectivity index (χ3n) is 6.84. The maximum Gasteiger partial charge on any atom is 0.261 e. The Morgan fingerprint density at radius 1 is 0.970 bits per heavy atom. The van der Waals surface area contributed by atoms with Gasteiger partial charge in [-0.25, -0.2) is 8.42 Å². The van der Waals surface area contributed by atoms with Gasteiger partial charge in [0, 0.05) is 17.2 Å². The summed E-state index contributed by atoms with van der Waals surface area (Å²) in [6.45, 7) is 3.82. The second kappa shape index (κ2) is 8.27. The van der Waals surface area contributed by atoms with Crippen molar-refractivity contribution in [3.8, 4) is 5.75 Å². The molecule has 0 fully saturated rings. The molecule has 1 heterocycles. The average molecular weight is 461 g/mol. The van der Waals surface area contributed by atoms with E-state index < -0.39 is 10.0 Å². The lowest BCUT2D eigenvalue weighted by molar-refractivity contribution is 0.381. The van der Waals surface area contributed by atoms with Crippen LogP contribution in [0.3, 0.4) is 0 Å². The summed E-state index contributed by atoms with van der Waals surface area (Å²) >= 11 is 0. The molecule has 3 aromatic rings. The van der Waals surface area contributed by atoms with Gasteiger partial charge in [0.1, 0.15) is 5.75 Å². The van der Waals surface area contributed by atoms with E-state index in [9.17, 15) is 8.42 Å². The van der Waals surface area contributed by atoms with E-state index in [0.717, 1.165) is 40.1 Å². The van der Waals surface area contributed by atoms with E-state index in [1.807, 2.05) is 62.4 Å². The summed E-state index contributed by atoms with van der Waals surface area (Å²) in [5, 5.41) is 3.67. The van der Waals surface area contributed by atoms with Crippen molar-refractivity contribution in [1.82, 2.24) is 0 Å². The zero-order valence-electron chi connectivity index (χ0n) is 19.0. The molecule has 3 unspecified atom stereocenters. The zero-order chi connectivity index (χ0) is 23.2. The van der Waals surface area contributed by atoms with Gasteiger partial charge in [-0.1, -0.05) is 48.6 Å². The highest BCUT2D eigenvalue weighted by Crippen LogP contribution is 2.51. The number of sulfonamides is 1. The minimum atomic E-state index is -3.72. The highest BCUT2D eigenvalue weighted by Gasteiger charge is 2.39. The Kier molecular flexibility index (Phi) is 5.41. The van der Waals surface area contributed by atoms with Gasteiger partial charge in [0.25, 0.3) is 10.0 Å². The number of anilines is 2. The number of hydrogen-bond acceptors (Lipinski definition) is 4. The minimum Gasteiger partial charge on any atom is -0.496 e. The molecule has 170 valence electrons. The predicted octanol–water partition coefficient (Wildman–Crippen LogP) is 5.94. The van der Waals surface area contributed by atoms with Crippen LogP contribution in [0, 0.1) is 19.8 Å². The van der Waals surface area contributed by atoms with Gasteiger partial charge < -0.3 is 10.1 Å². The molecule has 6 heteroatoms. The third kappa shape index (κ3) is 3.78. The Morgan fingerprint density at radius 2 is 1.73 bits per heavy atom. The first kappa shape index (κ1) is 21.6. The fourth-order valence-corrected chi connectivity index (χ4v) is 6.38. The van der Waals surface area contributed by atoms with Gasteiger partial charge in [-0.3, -0.25) is 4.72 Å². The molecule has 33 heavy (non-hydrogen) atoms. The zero-order valence-corrected chi connectivity index (χ0v) is 19.8. The van der Waals surface area contributed by atoms with Crippen molar-refractivity contribution in [3.05, 3.63) is 95.1 Å². The standard InChI is InChI=1S/C27H28N2O3S/c1-17-8-6-9-18(2)26(17)29-33(30,31)19-14-15-24-23(16-19)20-11-7-12-21(20)27(28-24)22-10-4-5-13-25(22)32-3/h4-11,13-16,20-21,27-29H,12H2,1-3H3. The molecule has 0 aromatic heterocycles. The van der Waals surface area contributed by atoms with Crippen LogP contribution in [0.2, 0.25) is 0 Å². The smallest absolute Gasteiger partial charge is 0.261 e. The lowest BCUT2D eigenvalue weighted by Gasteiger charge is -2.38. The third-order valence-corrected chi connectivity index (χ3v) is 8.18. The van der Waals surface area contributed by atoms with E-state index in [0.29, 0.717) is 11.6 Å². The summed E-state index contributed by atoms with van der Waals surface area (Å²) in [6, 6.07) is 19.3. The molecular weight excluding hydrogens is 432 g/mol. The van der Waals surface area contributed by atoms with Crippen LogP contribution in [-0.2, 0) is 10.0 Å². The average Bonchev–Trinajstić information content (AvgIpc) is 3.31. The quantitative estimate of drug-likeness (QED) is 0.463. The molecule has 0 spiro atoms. The summed E-state index contributed by atoms with van der Waals surface area (Å²) in [4.78, 5) is 0.278. The lowest BCUT2D eigenvalue weighted by atomic mass is 9.77. The Bertz CT molecular complexity index is 1330. The normalized spacial score (nSPS) is 21.1. The van der Waals surface area contributed by atoms with E-state index in [4.69, 9.17) is 4.74 Å². The van der Waals surface area contributed by atoms with Gasteiger partial charge in [-0.2, -0.15) is 0 Å². The maximum atomic E-state index is 13.3. The van der Waals surface area contributed by atoms with Crippen LogP contribution in [0.1, 0.15) is 40.6 Å². The molecule has 0 saturated heterocycles. The molecule has 0 amide bonds. The Hall–Kier alpha value is -3.25. The maximum absolute atomic E-state index is 13.3. The van der Waals surface area contributed by atoms with E-state index in [1.54, 1.807) is 13.2 Å². The SMILES string of the molecule is COc1ccccc1C1Nc2ccc(S(=O)(=O)Nc3c(C)cccc3C)cc2C2C=CCC21. The number of ether oxygens (including phenoxy) is 1. The first-order valence-electron chi connectivity index (χ1n) is 11.2. The summed E-state index contributed by atoms with van der Waals surface area (Å²) in [7, 11) is -2.02. The molecule has 1 aliphatic carbocycles. The number of aryl methyl sites for hydroxylation is 2. The lowest BCUT2D eigenvalue weighted by Crippen LogP contribution is -2.29. The van der Waals surface area contributed by atoms with Crippen molar-refractivity contribution in [2.75, 3.05) is 17.1 Å². The molecule has 3 atom stereocenters. The number of fused-ring (bicyclic) bond motifs is 3.